The van der Waals surface area contributed by atoms with Gasteiger partial charge in [0.2, 0.25) is 17.1 Å². The molecule has 2 fully saturated rings. The van der Waals surface area contributed by atoms with Crippen LogP contribution >= 0.6 is 11.6 Å². The Bertz CT molecular complexity index is 845. The van der Waals surface area contributed by atoms with Crippen molar-refractivity contribution in [2.75, 3.05) is 4.90 Å². The molecule has 1 spiro atoms. The van der Waals surface area contributed by atoms with Gasteiger partial charge in [0, 0.05) is 17.8 Å². The maximum atomic E-state index is 13.3. The van der Waals surface area contributed by atoms with Crippen molar-refractivity contribution in [2.24, 2.45) is 0 Å². The molecule has 0 bridgehead atoms. The molecule has 0 radical (unpaired) electrons. The van der Waals surface area contributed by atoms with E-state index in [0.29, 0.717) is 23.5 Å². The number of carbonyl (C=O) groups excluding carboxylic acids is 1. The molecule has 5 rings (SSSR count). The smallest absolute Gasteiger partial charge is 0.243 e. The monoisotopic (exact) mass is 356 g/mol. The summed E-state index contributed by atoms with van der Waals surface area (Å²) in [5.41, 5.74) is 1.06. The van der Waals surface area contributed by atoms with Crippen LogP contribution in [0.2, 0.25) is 5.28 Å². The zero-order valence-electron chi connectivity index (χ0n) is 13.6. The quantitative estimate of drug-likeness (QED) is 0.786. The third kappa shape index (κ3) is 2.31. The highest BCUT2D eigenvalue weighted by molar-refractivity contribution is 6.28. The molecule has 6 nitrogen and oxygen atoms in total. The molecule has 2 saturated carbocycles. The van der Waals surface area contributed by atoms with Gasteiger partial charge in [-0.1, -0.05) is 12.8 Å². The molecular weight excluding hydrogens is 340 g/mol. The van der Waals surface area contributed by atoms with E-state index in [1.165, 1.54) is 0 Å². The van der Waals surface area contributed by atoms with Crippen molar-refractivity contribution in [1.29, 1.82) is 0 Å². The second-order valence-electron chi connectivity index (χ2n) is 6.98. The molecule has 128 valence electrons. The number of anilines is 2. The Kier molecular flexibility index (Phi) is 3.25. The molecule has 2 aliphatic carbocycles. The van der Waals surface area contributed by atoms with E-state index in [1.54, 1.807) is 17.3 Å². The van der Waals surface area contributed by atoms with Crippen molar-refractivity contribution < 1.29 is 9.53 Å². The minimum atomic E-state index is -0.511. The van der Waals surface area contributed by atoms with Gasteiger partial charge < -0.3 is 4.74 Å². The predicted octanol–water partition coefficient (Wildman–Crippen LogP) is 3.56. The highest BCUT2D eigenvalue weighted by atomic mass is 35.5. The summed E-state index contributed by atoms with van der Waals surface area (Å²) in [4.78, 5) is 27.8. The fraction of sp³-hybridized carbons (Fsp3) is 0.444. The van der Waals surface area contributed by atoms with Gasteiger partial charge in [0.25, 0.3) is 0 Å². The SMILES string of the molecule is O=C1N(c2ccc(OC3CC3)nc2)c2nc(Cl)ncc2C12CCCC2. The summed E-state index contributed by atoms with van der Waals surface area (Å²) in [5.74, 6) is 1.23. The molecule has 1 amide bonds. The minimum Gasteiger partial charge on any atom is -0.474 e. The largest absolute Gasteiger partial charge is 0.474 e. The molecule has 7 heteroatoms. The Morgan fingerprint density at radius 1 is 1.16 bits per heavy atom. The number of carbonyl (C=O) groups is 1. The third-order valence-electron chi connectivity index (χ3n) is 5.33. The van der Waals surface area contributed by atoms with E-state index in [4.69, 9.17) is 16.3 Å². The Hall–Kier alpha value is -2.21. The number of ether oxygens (including phenoxy) is 1. The van der Waals surface area contributed by atoms with Crippen LogP contribution in [-0.4, -0.2) is 27.0 Å². The lowest BCUT2D eigenvalue weighted by molar-refractivity contribution is -0.122. The molecule has 3 aliphatic rings. The molecule has 1 aliphatic heterocycles. The molecule has 3 heterocycles. The maximum absolute atomic E-state index is 13.3. The Morgan fingerprint density at radius 3 is 2.64 bits per heavy atom. The lowest BCUT2D eigenvalue weighted by Gasteiger charge is -2.22. The molecule has 0 saturated heterocycles. The van der Waals surface area contributed by atoms with E-state index in [1.807, 2.05) is 12.1 Å². The van der Waals surface area contributed by atoms with Crippen LogP contribution in [0.25, 0.3) is 0 Å². The Balaban J connectivity index is 1.56. The van der Waals surface area contributed by atoms with Crippen molar-refractivity contribution in [3.8, 4) is 5.88 Å². The summed E-state index contributed by atoms with van der Waals surface area (Å²) in [7, 11) is 0. The van der Waals surface area contributed by atoms with Crippen molar-refractivity contribution in [2.45, 2.75) is 50.0 Å². The van der Waals surface area contributed by atoms with Crippen LogP contribution in [0.5, 0.6) is 5.88 Å². The minimum absolute atomic E-state index is 0.0502. The van der Waals surface area contributed by atoms with Crippen LogP contribution in [0.1, 0.15) is 44.1 Å². The van der Waals surface area contributed by atoms with E-state index in [2.05, 4.69) is 15.0 Å². The van der Waals surface area contributed by atoms with Crippen LogP contribution in [0, 0.1) is 0 Å². The zero-order chi connectivity index (χ0) is 17.0. The first-order chi connectivity index (χ1) is 12.2. The summed E-state index contributed by atoms with van der Waals surface area (Å²) in [5, 5.41) is 0.147. The van der Waals surface area contributed by atoms with E-state index in [-0.39, 0.29) is 11.2 Å². The van der Waals surface area contributed by atoms with E-state index < -0.39 is 5.41 Å². The van der Waals surface area contributed by atoms with Gasteiger partial charge in [-0.2, -0.15) is 4.98 Å². The van der Waals surface area contributed by atoms with Crippen LogP contribution in [-0.2, 0) is 10.2 Å². The summed E-state index contributed by atoms with van der Waals surface area (Å²) in [6.45, 7) is 0. The normalized spacial score (nSPS) is 21.0. The molecule has 0 N–H and O–H groups in total. The topological polar surface area (TPSA) is 68.2 Å². The maximum Gasteiger partial charge on any atom is 0.243 e. The number of hydrogen-bond acceptors (Lipinski definition) is 5. The Labute approximate surface area is 150 Å². The molecule has 0 aromatic carbocycles. The second-order valence-corrected chi connectivity index (χ2v) is 7.32. The number of pyridine rings is 1. The lowest BCUT2D eigenvalue weighted by Crippen LogP contribution is -2.36. The molecule has 2 aromatic heterocycles. The van der Waals surface area contributed by atoms with E-state index in [0.717, 1.165) is 44.1 Å². The molecular formula is C18H17ClN4O2. The van der Waals surface area contributed by atoms with Crippen molar-refractivity contribution in [3.63, 3.8) is 0 Å². The predicted molar refractivity (Wildman–Crippen MR) is 92.2 cm³/mol. The van der Waals surface area contributed by atoms with Gasteiger partial charge in [0.15, 0.2) is 0 Å². The fourth-order valence-corrected chi connectivity index (χ4v) is 4.05. The summed E-state index contributed by atoms with van der Waals surface area (Å²) in [6.07, 6.45) is 9.57. The average molecular weight is 357 g/mol. The summed E-state index contributed by atoms with van der Waals surface area (Å²) < 4.78 is 5.69. The molecule has 0 unspecified atom stereocenters. The van der Waals surface area contributed by atoms with Gasteiger partial charge in [0.05, 0.1) is 17.3 Å². The number of nitrogens with zero attached hydrogens (tertiary/aromatic N) is 4. The number of amides is 1. The fourth-order valence-electron chi connectivity index (χ4n) is 3.92. The van der Waals surface area contributed by atoms with Gasteiger partial charge in [-0.25, -0.2) is 9.97 Å². The first-order valence-corrected chi connectivity index (χ1v) is 9.05. The van der Waals surface area contributed by atoms with Gasteiger partial charge in [-0.05, 0) is 43.4 Å². The number of hydrogen-bond donors (Lipinski definition) is 0. The average Bonchev–Trinajstić information content (AvgIpc) is 3.23. The standard InChI is InChI=1S/C18H17ClN4O2/c19-17-21-10-13-15(22-17)23(16(24)18(13)7-1-2-8-18)11-3-6-14(20-9-11)25-12-4-5-12/h3,6,9-10,12H,1-2,4-5,7-8H2. The summed E-state index contributed by atoms with van der Waals surface area (Å²) >= 11 is 6.01. The van der Waals surface area contributed by atoms with Crippen LogP contribution in [0.4, 0.5) is 11.5 Å². The first-order valence-electron chi connectivity index (χ1n) is 8.68. The van der Waals surface area contributed by atoms with Crippen molar-refractivity contribution in [1.82, 2.24) is 15.0 Å². The zero-order valence-corrected chi connectivity index (χ0v) is 14.4. The van der Waals surface area contributed by atoms with Gasteiger partial charge in [0.1, 0.15) is 11.9 Å². The number of rotatable bonds is 3. The van der Waals surface area contributed by atoms with Crippen LogP contribution in [0.15, 0.2) is 24.5 Å². The highest BCUT2D eigenvalue weighted by Crippen LogP contribution is 2.52. The second kappa shape index (κ2) is 5.39. The lowest BCUT2D eigenvalue weighted by atomic mass is 9.81. The Morgan fingerprint density at radius 2 is 1.96 bits per heavy atom. The number of aromatic nitrogens is 3. The van der Waals surface area contributed by atoms with Gasteiger partial charge in [-0.3, -0.25) is 9.69 Å². The molecule has 25 heavy (non-hydrogen) atoms. The highest BCUT2D eigenvalue weighted by Gasteiger charge is 2.54. The first kappa shape index (κ1) is 15.1. The molecule has 0 atom stereocenters. The van der Waals surface area contributed by atoms with Crippen molar-refractivity contribution >= 4 is 29.0 Å². The van der Waals surface area contributed by atoms with Gasteiger partial charge >= 0.3 is 0 Å². The van der Waals surface area contributed by atoms with E-state index in [9.17, 15) is 4.79 Å². The van der Waals surface area contributed by atoms with E-state index >= 15 is 0 Å². The van der Waals surface area contributed by atoms with Crippen LogP contribution in [0.3, 0.4) is 0 Å². The third-order valence-corrected chi connectivity index (χ3v) is 5.51. The molecule has 2 aromatic rings. The van der Waals surface area contributed by atoms with Gasteiger partial charge in [-0.15, -0.1) is 0 Å². The summed E-state index contributed by atoms with van der Waals surface area (Å²) in [6, 6.07) is 3.67. The number of fused-ring (bicyclic) bond motifs is 2. The number of halogens is 1. The van der Waals surface area contributed by atoms with Crippen molar-refractivity contribution in [3.05, 3.63) is 35.4 Å². The van der Waals surface area contributed by atoms with Crippen LogP contribution < -0.4 is 9.64 Å².